The molecule has 2 heteroatoms. The van der Waals surface area contributed by atoms with Crippen molar-refractivity contribution in [3.8, 4) is 0 Å². The van der Waals surface area contributed by atoms with Crippen molar-refractivity contribution < 1.29 is 0 Å². The molecule has 0 spiro atoms. The van der Waals surface area contributed by atoms with Crippen LogP contribution in [-0.4, -0.2) is 4.98 Å². The number of benzene rings is 1. The summed E-state index contributed by atoms with van der Waals surface area (Å²) in [5, 5.41) is 1.86. The predicted molar refractivity (Wildman–Crippen MR) is 56.2 cm³/mol. The number of aryl methyl sites for hydroxylation is 2. The third-order valence-electron chi connectivity index (χ3n) is 2.25. The normalized spacial score (nSPS) is 10.7. The van der Waals surface area contributed by atoms with Crippen molar-refractivity contribution in [2.24, 2.45) is 0 Å². The second-order valence-corrected chi connectivity index (χ2v) is 3.62. The molecule has 1 aromatic carbocycles. The zero-order valence-corrected chi connectivity index (χ0v) is 8.39. The minimum absolute atomic E-state index is 0.784. The largest absolute Gasteiger partial charge is 0.256 e. The SMILES string of the molecule is Cc1ccc(Cl)c2c(C)ccnc12. The van der Waals surface area contributed by atoms with E-state index in [-0.39, 0.29) is 0 Å². The van der Waals surface area contributed by atoms with Crippen molar-refractivity contribution in [2.45, 2.75) is 13.8 Å². The van der Waals surface area contributed by atoms with Crippen LogP contribution in [0.1, 0.15) is 11.1 Å². The van der Waals surface area contributed by atoms with Crippen molar-refractivity contribution in [1.29, 1.82) is 0 Å². The molecule has 0 saturated heterocycles. The summed E-state index contributed by atoms with van der Waals surface area (Å²) in [7, 11) is 0. The number of hydrogen-bond donors (Lipinski definition) is 0. The van der Waals surface area contributed by atoms with Gasteiger partial charge in [0.1, 0.15) is 0 Å². The Morgan fingerprint density at radius 3 is 2.54 bits per heavy atom. The van der Waals surface area contributed by atoms with Crippen LogP contribution in [0.4, 0.5) is 0 Å². The summed E-state index contributed by atoms with van der Waals surface area (Å²) >= 11 is 6.09. The summed E-state index contributed by atoms with van der Waals surface area (Å²) in [5.74, 6) is 0. The number of rotatable bonds is 0. The van der Waals surface area contributed by atoms with Crippen LogP contribution in [-0.2, 0) is 0 Å². The van der Waals surface area contributed by atoms with E-state index >= 15 is 0 Å². The molecule has 0 saturated carbocycles. The van der Waals surface area contributed by atoms with Gasteiger partial charge in [-0.25, -0.2) is 0 Å². The van der Waals surface area contributed by atoms with Crippen LogP contribution in [0.25, 0.3) is 10.9 Å². The van der Waals surface area contributed by atoms with Crippen LogP contribution in [0.2, 0.25) is 5.02 Å². The molecular weight excluding hydrogens is 182 g/mol. The van der Waals surface area contributed by atoms with Gasteiger partial charge in [-0.2, -0.15) is 0 Å². The molecule has 1 aromatic heterocycles. The second-order valence-electron chi connectivity index (χ2n) is 3.22. The number of fused-ring (bicyclic) bond motifs is 1. The smallest absolute Gasteiger partial charge is 0.0748 e. The maximum absolute atomic E-state index is 6.09. The molecule has 1 heterocycles. The van der Waals surface area contributed by atoms with Gasteiger partial charge in [-0.3, -0.25) is 4.98 Å². The van der Waals surface area contributed by atoms with Crippen LogP contribution < -0.4 is 0 Å². The van der Waals surface area contributed by atoms with Crippen LogP contribution in [0.15, 0.2) is 24.4 Å². The highest BCUT2D eigenvalue weighted by Gasteiger charge is 2.04. The molecule has 0 aliphatic rings. The van der Waals surface area contributed by atoms with Gasteiger partial charge in [0.15, 0.2) is 0 Å². The Labute approximate surface area is 82.4 Å². The van der Waals surface area contributed by atoms with E-state index in [1.165, 1.54) is 11.1 Å². The van der Waals surface area contributed by atoms with E-state index < -0.39 is 0 Å². The van der Waals surface area contributed by atoms with Crippen molar-refractivity contribution in [1.82, 2.24) is 4.98 Å². The molecule has 0 atom stereocenters. The standard InChI is InChI=1S/C11H10ClN/c1-7-5-6-13-11-8(2)3-4-9(12)10(7)11/h3-6H,1-2H3. The summed E-state index contributed by atoms with van der Waals surface area (Å²) < 4.78 is 0. The van der Waals surface area contributed by atoms with E-state index in [1.807, 2.05) is 31.3 Å². The Balaban J connectivity index is 3.00. The molecule has 0 bridgehead atoms. The highest BCUT2D eigenvalue weighted by atomic mass is 35.5. The van der Waals surface area contributed by atoms with Gasteiger partial charge < -0.3 is 0 Å². The fourth-order valence-electron chi connectivity index (χ4n) is 1.52. The third kappa shape index (κ3) is 1.29. The lowest BCUT2D eigenvalue weighted by Gasteiger charge is -2.05. The molecule has 0 N–H and O–H groups in total. The van der Waals surface area contributed by atoms with E-state index in [4.69, 9.17) is 11.6 Å². The third-order valence-corrected chi connectivity index (χ3v) is 2.57. The fourth-order valence-corrected chi connectivity index (χ4v) is 1.82. The molecule has 0 amide bonds. The quantitative estimate of drug-likeness (QED) is 0.621. The van der Waals surface area contributed by atoms with Gasteiger partial charge in [0, 0.05) is 11.6 Å². The van der Waals surface area contributed by atoms with E-state index in [2.05, 4.69) is 11.9 Å². The van der Waals surface area contributed by atoms with Gasteiger partial charge in [0.25, 0.3) is 0 Å². The van der Waals surface area contributed by atoms with Crippen molar-refractivity contribution >= 4 is 22.5 Å². The topological polar surface area (TPSA) is 12.9 Å². The first-order valence-corrected chi connectivity index (χ1v) is 4.58. The summed E-state index contributed by atoms with van der Waals surface area (Å²) in [6.45, 7) is 4.10. The summed E-state index contributed by atoms with van der Waals surface area (Å²) in [5.41, 5.74) is 3.36. The van der Waals surface area contributed by atoms with Crippen LogP contribution in [0.3, 0.4) is 0 Å². The predicted octanol–water partition coefficient (Wildman–Crippen LogP) is 3.51. The van der Waals surface area contributed by atoms with Crippen molar-refractivity contribution in [2.75, 3.05) is 0 Å². The van der Waals surface area contributed by atoms with Gasteiger partial charge >= 0.3 is 0 Å². The van der Waals surface area contributed by atoms with E-state index in [0.29, 0.717) is 0 Å². The number of hydrogen-bond acceptors (Lipinski definition) is 1. The van der Waals surface area contributed by atoms with Gasteiger partial charge in [-0.1, -0.05) is 17.7 Å². The monoisotopic (exact) mass is 191 g/mol. The highest BCUT2D eigenvalue weighted by Crippen LogP contribution is 2.26. The number of nitrogens with zero attached hydrogens (tertiary/aromatic N) is 1. The molecule has 0 radical (unpaired) electrons. The first-order valence-electron chi connectivity index (χ1n) is 4.20. The maximum Gasteiger partial charge on any atom is 0.0748 e. The molecular formula is C11H10ClN. The lowest BCUT2D eigenvalue weighted by atomic mass is 10.1. The second kappa shape index (κ2) is 3.00. The van der Waals surface area contributed by atoms with Crippen LogP contribution in [0, 0.1) is 13.8 Å². The molecule has 0 aliphatic carbocycles. The zero-order valence-electron chi connectivity index (χ0n) is 7.63. The van der Waals surface area contributed by atoms with Gasteiger partial charge in [-0.15, -0.1) is 0 Å². The Bertz CT molecular complexity index is 455. The average Bonchev–Trinajstić information content (AvgIpc) is 2.12. The molecule has 66 valence electrons. The molecule has 13 heavy (non-hydrogen) atoms. The minimum atomic E-state index is 0.784. The first kappa shape index (κ1) is 8.52. The highest BCUT2D eigenvalue weighted by molar-refractivity contribution is 6.35. The molecule has 2 rings (SSSR count). The van der Waals surface area contributed by atoms with E-state index in [1.54, 1.807) is 0 Å². The molecule has 2 aromatic rings. The van der Waals surface area contributed by atoms with Crippen molar-refractivity contribution in [3.63, 3.8) is 0 Å². The number of halogens is 1. The Kier molecular flexibility index (Phi) is 1.97. The summed E-state index contributed by atoms with van der Waals surface area (Å²) in [6, 6.07) is 5.90. The van der Waals surface area contributed by atoms with Gasteiger partial charge in [0.05, 0.1) is 10.5 Å². The number of aromatic nitrogens is 1. The molecule has 0 aliphatic heterocycles. The van der Waals surface area contributed by atoms with Gasteiger partial charge in [0.2, 0.25) is 0 Å². The minimum Gasteiger partial charge on any atom is -0.256 e. The van der Waals surface area contributed by atoms with E-state index in [0.717, 1.165) is 15.9 Å². The maximum atomic E-state index is 6.09. The lowest BCUT2D eigenvalue weighted by molar-refractivity contribution is 1.34. The van der Waals surface area contributed by atoms with Crippen molar-refractivity contribution in [3.05, 3.63) is 40.5 Å². The molecule has 0 fully saturated rings. The van der Waals surface area contributed by atoms with Crippen LogP contribution >= 0.6 is 11.6 Å². The Morgan fingerprint density at radius 1 is 1.08 bits per heavy atom. The molecule has 0 unspecified atom stereocenters. The zero-order chi connectivity index (χ0) is 9.42. The van der Waals surface area contributed by atoms with Gasteiger partial charge in [-0.05, 0) is 37.1 Å². The first-order chi connectivity index (χ1) is 6.20. The van der Waals surface area contributed by atoms with Crippen LogP contribution in [0.5, 0.6) is 0 Å². The number of pyridine rings is 1. The Hall–Kier alpha value is -1.08. The van der Waals surface area contributed by atoms with E-state index in [9.17, 15) is 0 Å². The fraction of sp³-hybridized carbons (Fsp3) is 0.182. The lowest BCUT2D eigenvalue weighted by Crippen LogP contribution is -1.86. The summed E-state index contributed by atoms with van der Waals surface area (Å²) in [6.07, 6.45) is 1.82. The molecule has 1 nitrogen and oxygen atoms in total. The Morgan fingerprint density at radius 2 is 1.85 bits per heavy atom. The average molecular weight is 192 g/mol. The summed E-state index contributed by atoms with van der Waals surface area (Å²) in [4.78, 5) is 4.32.